The van der Waals surface area contributed by atoms with Gasteiger partial charge >= 0.3 is 0 Å². The number of rotatable bonds is 2. The molecule has 2 aliphatic carbocycles. The summed E-state index contributed by atoms with van der Waals surface area (Å²) in [4.78, 5) is 0. The van der Waals surface area contributed by atoms with Crippen LogP contribution in [0.1, 0.15) is 51.4 Å². The van der Waals surface area contributed by atoms with Crippen molar-refractivity contribution in [2.75, 3.05) is 14.2 Å². The van der Waals surface area contributed by atoms with Gasteiger partial charge in [-0.1, -0.05) is 25.7 Å². The molecule has 0 amide bonds. The van der Waals surface area contributed by atoms with Gasteiger partial charge in [0, 0.05) is 14.2 Å². The third kappa shape index (κ3) is 5.22. The van der Waals surface area contributed by atoms with Gasteiger partial charge in [-0.15, -0.1) is 0 Å². The molecule has 2 rings (SSSR count). The largest absolute Gasteiger partial charge is 0.390 e. The first-order valence-electron chi connectivity index (χ1n) is 7.10. The molecular formula is C14H28O4. The Balaban J connectivity index is 0.000000180. The molecule has 2 saturated carbocycles. The van der Waals surface area contributed by atoms with Crippen molar-refractivity contribution >= 4 is 0 Å². The summed E-state index contributed by atoms with van der Waals surface area (Å²) in [7, 11) is 3.33. The van der Waals surface area contributed by atoms with Gasteiger partial charge in [-0.2, -0.15) is 0 Å². The highest BCUT2D eigenvalue weighted by Crippen LogP contribution is 2.20. The normalized spacial score (nSPS) is 36.7. The van der Waals surface area contributed by atoms with Gasteiger partial charge < -0.3 is 19.7 Å². The Bertz CT molecular complexity index is 188. The monoisotopic (exact) mass is 260 g/mol. The van der Waals surface area contributed by atoms with E-state index >= 15 is 0 Å². The predicted molar refractivity (Wildman–Crippen MR) is 70.5 cm³/mol. The highest BCUT2D eigenvalue weighted by molar-refractivity contribution is 4.74. The van der Waals surface area contributed by atoms with Crippen molar-refractivity contribution < 1.29 is 19.7 Å². The Hall–Kier alpha value is -0.160. The molecule has 2 N–H and O–H groups in total. The molecule has 18 heavy (non-hydrogen) atoms. The molecule has 0 aromatic heterocycles. The maximum absolute atomic E-state index is 9.24. The quantitative estimate of drug-likeness (QED) is 0.796. The average Bonchev–Trinajstić information content (AvgIpc) is 2.41. The van der Waals surface area contributed by atoms with Crippen LogP contribution in [0.25, 0.3) is 0 Å². The number of hydrogen-bond donors (Lipinski definition) is 2. The van der Waals surface area contributed by atoms with E-state index < -0.39 is 0 Å². The predicted octanol–water partition coefficient (Wildman–Crippen LogP) is 1.87. The van der Waals surface area contributed by atoms with Crippen LogP contribution in [0.2, 0.25) is 0 Å². The van der Waals surface area contributed by atoms with Crippen LogP contribution in [0.4, 0.5) is 0 Å². The molecule has 108 valence electrons. The van der Waals surface area contributed by atoms with E-state index in [1.165, 1.54) is 12.8 Å². The molecule has 2 aliphatic rings. The molecule has 0 radical (unpaired) electrons. The maximum atomic E-state index is 9.24. The van der Waals surface area contributed by atoms with Gasteiger partial charge in [-0.3, -0.25) is 0 Å². The number of ether oxygens (including phenoxy) is 2. The van der Waals surface area contributed by atoms with Gasteiger partial charge in [-0.25, -0.2) is 0 Å². The van der Waals surface area contributed by atoms with Crippen LogP contribution in [-0.4, -0.2) is 48.8 Å². The number of aliphatic hydroxyl groups excluding tert-OH is 2. The number of hydrogen-bond acceptors (Lipinski definition) is 4. The van der Waals surface area contributed by atoms with Crippen LogP contribution in [0.5, 0.6) is 0 Å². The summed E-state index contributed by atoms with van der Waals surface area (Å²) in [6.45, 7) is 0. The molecule has 4 heteroatoms. The summed E-state index contributed by atoms with van der Waals surface area (Å²) >= 11 is 0. The molecule has 0 aromatic carbocycles. The molecule has 2 fully saturated rings. The summed E-state index contributed by atoms with van der Waals surface area (Å²) in [5.41, 5.74) is 0. The van der Waals surface area contributed by atoms with Crippen LogP contribution in [0.15, 0.2) is 0 Å². The highest BCUT2D eigenvalue weighted by atomic mass is 16.5. The van der Waals surface area contributed by atoms with Crippen LogP contribution in [0, 0.1) is 0 Å². The third-order valence-electron chi connectivity index (χ3n) is 3.94. The first kappa shape index (κ1) is 15.9. The fraction of sp³-hybridized carbons (Fsp3) is 1.00. The van der Waals surface area contributed by atoms with Gasteiger partial charge in [0.2, 0.25) is 0 Å². The van der Waals surface area contributed by atoms with E-state index in [1.54, 1.807) is 14.2 Å². The van der Waals surface area contributed by atoms with Crippen molar-refractivity contribution in [1.82, 2.24) is 0 Å². The minimum Gasteiger partial charge on any atom is -0.390 e. The lowest BCUT2D eigenvalue weighted by molar-refractivity contribution is -0.0359. The van der Waals surface area contributed by atoms with Gasteiger partial charge in [-0.05, 0) is 25.7 Å². The molecule has 0 unspecified atom stereocenters. The van der Waals surface area contributed by atoms with E-state index in [0.717, 1.165) is 38.5 Å². The molecular weight excluding hydrogens is 232 g/mol. The van der Waals surface area contributed by atoms with Crippen molar-refractivity contribution in [2.45, 2.75) is 75.8 Å². The Morgan fingerprint density at radius 1 is 0.667 bits per heavy atom. The van der Waals surface area contributed by atoms with Crippen molar-refractivity contribution in [3.05, 3.63) is 0 Å². The van der Waals surface area contributed by atoms with Crippen LogP contribution in [0.3, 0.4) is 0 Å². The van der Waals surface area contributed by atoms with Crippen LogP contribution < -0.4 is 0 Å². The van der Waals surface area contributed by atoms with E-state index in [1.807, 2.05) is 0 Å². The zero-order valence-electron chi connectivity index (χ0n) is 11.7. The lowest BCUT2D eigenvalue weighted by atomic mass is 9.95. The Labute approximate surface area is 110 Å². The molecule has 0 saturated heterocycles. The summed E-state index contributed by atoms with van der Waals surface area (Å²) in [5.74, 6) is 0. The van der Waals surface area contributed by atoms with E-state index in [-0.39, 0.29) is 24.4 Å². The van der Waals surface area contributed by atoms with Crippen LogP contribution in [-0.2, 0) is 9.47 Å². The van der Waals surface area contributed by atoms with E-state index in [9.17, 15) is 10.2 Å². The van der Waals surface area contributed by atoms with Gasteiger partial charge in [0.25, 0.3) is 0 Å². The molecule has 0 bridgehead atoms. The summed E-state index contributed by atoms with van der Waals surface area (Å²) < 4.78 is 10.1. The third-order valence-corrected chi connectivity index (χ3v) is 3.94. The summed E-state index contributed by atoms with van der Waals surface area (Å²) in [6, 6.07) is 0. The fourth-order valence-electron chi connectivity index (χ4n) is 2.70. The smallest absolute Gasteiger partial charge is 0.0830 e. The number of aliphatic hydroxyl groups is 2. The Kier molecular flexibility index (Phi) is 7.82. The van der Waals surface area contributed by atoms with E-state index in [4.69, 9.17) is 9.47 Å². The average molecular weight is 260 g/mol. The second-order valence-electron chi connectivity index (χ2n) is 5.25. The van der Waals surface area contributed by atoms with E-state index in [0.29, 0.717) is 0 Å². The van der Waals surface area contributed by atoms with Crippen molar-refractivity contribution in [3.8, 4) is 0 Å². The SMILES string of the molecule is CO[C@@H]1CCCC[C@H]1O.CO[C@H]1CCCC[C@@H]1O. The molecule has 4 nitrogen and oxygen atoms in total. The minimum atomic E-state index is -0.205. The lowest BCUT2D eigenvalue weighted by Gasteiger charge is -2.25. The zero-order valence-corrected chi connectivity index (χ0v) is 11.7. The van der Waals surface area contributed by atoms with Gasteiger partial charge in [0.15, 0.2) is 0 Å². The molecule has 0 heterocycles. The Morgan fingerprint density at radius 3 is 1.22 bits per heavy atom. The number of methoxy groups -OCH3 is 2. The molecule has 0 aliphatic heterocycles. The van der Waals surface area contributed by atoms with Gasteiger partial charge in [0.05, 0.1) is 24.4 Å². The van der Waals surface area contributed by atoms with Crippen LogP contribution >= 0.6 is 0 Å². The second kappa shape index (κ2) is 8.86. The standard InChI is InChI=1S/2C7H14O2/c2*1-9-7-5-3-2-4-6(7)8/h2*6-8H,2-5H2,1H3/t2*6-,7-/m10/s1. The minimum absolute atomic E-state index is 0.110. The molecule has 4 atom stereocenters. The summed E-state index contributed by atoms with van der Waals surface area (Å²) in [5, 5.41) is 18.5. The highest BCUT2D eigenvalue weighted by Gasteiger charge is 2.22. The topological polar surface area (TPSA) is 58.9 Å². The van der Waals surface area contributed by atoms with Crippen molar-refractivity contribution in [1.29, 1.82) is 0 Å². The zero-order chi connectivity index (χ0) is 13.4. The first-order valence-corrected chi connectivity index (χ1v) is 7.10. The maximum Gasteiger partial charge on any atom is 0.0830 e. The Morgan fingerprint density at radius 2 is 1.00 bits per heavy atom. The molecule has 0 aromatic rings. The first-order chi connectivity index (χ1) is 8.69. The van der Waals surface area contributed by atoms with E-state index in [2.05, 4.69) is 0 Å². The summed E-state index contributed by atoms with van der Waals surface area (Å²) in [6.07, 6.45) is 8.41. The van der Waals surface area contributed by atoms with Gasteiger partial charge in [0.1, 0.15) is 0 Å². The fourth-order valence-corrected chi connectivity index (χ4v) is 2.70. The van der Waals surface area contributed by atoms with Crippen molar-refractivity contribution in [2.24, 2.45) is 0 Å². The second-order valence-corrected chi connectivity index (χ2v) is 5.25. The molecule has 0 spiro atoms. The lowest BCUT2D eigenvalue weighted by Crippen LogP contribution is -2.30. The van der Waals surface area contributed by atoms with Crippen molar-refractivity contribution in [3.63, 3.8) is 0 Å².